The smallest absolute Gasteiger partial charge is 0.229 e. The van der Waals surface area contributed by atoms with Gasteiger partial charge in [-0.15, -0.1) is 6.58 Å². The molecule has 0 saturated carbocycles. The van der Waals surface area contributed by atoms with E-state index in [-0.39, 0.29) is 23.6 Å². The van der Waals surface area contributed by atoms with Crippen molar-refractivity contribution in [2.45, 2.75) is 33.1 Å². The molecule has 25 heavy (non-hydrogen) atoms. The number of anilines is 2. The SMILES string of the molecule is C=CCN1CC(C(=O)Nc2ccc(C)c(NC(=O)CC)c2)CCC1=O. The van der Waals surface area contributed by atoms with Gasteiger partial charge in [-0.2, -0.15) is 0 Å². The third kappa shape index (κ3) is 4.92. The van der Waals surface area contributed by atoms with Gasteiger partial charge < -0.3 is 15.5 Å². The molecule has 0 aromatic heterocycles. The number of hydrogen-bond donors (Lipinski definition) is 2. The zero-order chi connectivity index (χ0) is 18.4. The second-order valence-corrected chi connectivity index (χ2v) is 6.24. The number of likely N-dealkylation sites (tertiary alicyclic amines) is 1. The molecule has 6 nitrogen and oxygen atoms in total. The number of carbonyl (C=O) groups excluding carboxylic acids is 3. The summed E-state index contributed by atoms with van der Waals surface area (Å²) in [5.74, 6) is -0.368. The fourth-order valence-electron chi connectivity index (χ4n) is 2.78. The second-order valence-electron chi connectivity index (χ2n) is 6.24. The quantitative estimate of drug-likeness (QED) is 0.780. The van der Waals surface area contributed by atoms with E-state index in [0.29, 0.717) is 43.7 Å². The average molecular weight is 343 g/mol. The third-order valence-corrected chi connectivity index (χ3v) is 4.32. The Balaban J connectivity index is 2.05. The van der Waals surface area contributed by atoms with E-state index in [2.05, 4.69) is 17.2 Å². The van der Waals surface area contributed by atoms with Gasteiger partial charge in [0.2, 0.25) is 17.7 Å². The number of nitrogens with zero attached hydrogens (tertiary/aromatic N) is 1. The van der Waals surface area contributed by atoms with Crippen LogP contribution in [0.3, 0.4) is 0 Å². The van der Waals surface area contributed by atoms with Crippen LogP contribution in [-0.4, -0.2) is 35.7 Å². The molecule has 0 spiro atoms. The highest BCUT2D eigenvalue weighted by Gasteiger charge is 2.29. The summed E-state index contributed by atoms with van der Waals surface area (Å²) in [5, 5.41) is 5.72. The summed E-state index contributed by atoms with van der Waals surface area (Å²) in [6, 6.07) is 5.43. The highest BCUT2D eigenvalue weighted by molar-refractivity contribution is 5.96. The molecule has 0 radical (unpaired) electrons. The number of benzene rings is 1. The zero-order valence-corrected chi connectivity index (χ0v) is 14.8. The van der Waals surface area contributed by atoms with Gasteiger partial charge in [-0.1, -0.05) is 19.1 Å². The van der Waals surface area contributed by atoms with E-state index in [1.54, 1.807) is 24.0 Å². The first-order valence-corrected chi connectivity index (χ1v) is 8.54. The molecule has 1 aromatic carbocycles. The number of piperidine rings is 1. The Hall–Kier alpha value is -2.63. The van der Waals surface area contributed by atoms with Crippen LogP contribution in [0.2, 0.25) is 0 Å². The summed E-state index contributed by atoms with van der Waals surface area (Å²) in [4.78, 5) is 37.6. The molecule has 1 aromatic rings. The van der Waals surface area contributed by atoms with Gasteiger partial charge in [0, 0.05) is 37.3 Å². The maximum atomic E-state index is 12.5. The Bertz CT molecular complexity index is 684. The summed E-state index contributed by atoms with van der Waals surface area (Å²) in [6.45, 7) is 8.20. The molecule has 1 heterocycles. The van der Waals surface area contributed by atoms with Gasteiger partial charge in [0.15, 0.2) is 0 Å². The van der Waals surface area contributed by atoms with E-state index >= 15 is 0 Å². The number of rotatable bonds is 6. The van der Waals surface area contributed by atoms with Crippen LogP contribution in [0.4, 0.5) is 11.4 Å². The molecule has 134 valence electrons. The monoisotopic (exact) mass is 343 g/mol. The fraction of sp³-hybridized carbons (Fsp3) is 0.421. The largest absolute Gasteiger partial charge is 0.338 e. The summed E-state index contributed by atoms with van der Waals surface area (Å²) < 4.78 is 0. The van der Waals surface area contributed by atoms with E-state index in [1.807, 2.05) is 19.1 Å². The topological polar surface area (TPSA) is 78.5 Å². The number of nitrogens with one attached hydrogen (secondary N) is 2. The predicted octanol–water partition coefficient (Wildman–Crippen LogP) is 2.71. The van der Waals surface area contributed by atoms with Gasteiger partial charge in [-0.05, 0) is 31.0 Å². The van der Waals surface area contributed by atoms with Crippen molar-refractivity contribution in [3.8, 4) is 0 Å². The van der Waals surface area contributed by atoms with E-state index in [4.69, 9.17) is 0 Å². The Morgan fingerprint density at radius 1 is 1.36 bits per heavy atom. The number of carbonyl (C=O) groups is 3. The standard InChI is InChI=1S/C19H25N3O3/c1-4-10-22-12-14(7-9-18(22)24)19(25)20-15-8-6-13(3)16(11-15)21-17(23)5-2/h4,6,8,11,14H,1,5,7,9-10,12H2,2-3H3,(H,20,25)(H,21,23). The number of hydrogen-bond acceptors (Lipinski definition) is 3. The molecule has 2 rings (SSSR count). The maximum Gasteiger partial charge on any atom is 0.229 e. The van der Waals surface area contributed by atoms with Gasteiger partial charge in [0.1, 0.15) is 0 Å². The molecule has 1 atom stereocenters. The van der Waals surface area contributed by atoms with Crippen LogP contribution < -0.4 is 10.6 Å². The Morgan fingerprint density at radius 2 is 2.12 bits per heavy atom. The molecule has 2 N–H and O–H groups in total. The van der Waals surface area contributed by atoms with Crippen LogP contribution in [0.15, 0.2) is 30.9 Å². The highest BCUT2D eigenvalue weighted by atomic mass is 16.2. The van der Waals surface area contributed by atoms with Crippen LogP contribution in [-0.2, 0) is 14.4 Å². The van der Waals surface area contributed by atoms with Crippen molar-refractivity contribution >= 4 is 29.1 Å². The molecular weight excluding hydrogens is 318 g/mol. The summed E-state index contributed by atoms with van der Waals surface area (Å²) in [5.41, 5.74) is 2.26. The molecule has 1 saturated heterocycles. The molecule has 6 heteroatoms. The molecule has 1 fully saturated rings. The Labute approximate surface area is 148 Å². The first-order valence-electron chi connectivity index (χ1n) is 8.54. The van der Waals surface area contributed by atoms with Gasteiger partial charge >= 0.3 is 0 Å². The number of aryl methyl sites for hydroxylation is 1. The highest BCUT2D eigenvalue weighted by Crippen LogP contribution is 2.23. The molecule has 1 unspecified atom stereocenters. The predicted molar refractivity (Wildman–Crippen MR) is 98.2 cm³/mol. The van der Waals surface area contributed by atoms with Crippen molar-refractivity contribution in [1.82, 2.24) is 4.90 Å². The molecule has 1 aliphatic heterocycles. The zero-order valence-electron chi connectivity index (χ0n) is 14.8. The fourth-order valence-corrected chi connectivity index (χ4v) is 2.78. The van der Waals surface area contributed by atoms with Gasteiger partial charge in [0.25, 0.3) is 0 Å². The molecule has 0 aliphatic carbocycles. The lowest BCUT2D eigenvalue weighted by Crippen LogP contribution is -2.44. The van der Waals surface area contributed by atoms with Gasteiger partial charge in [0.05, 0.1) is 5.92 Å². The summed E-state index contributed by atoms with van der Waals surface area (Å²) in [6.07, 6.45) is 2.98. The third-order valence-electron chi connectivity index (χ3n) is 4.32. The van der Waals surface area contributed by atoms with E-state index in [1.165, 1.54) is 0 Å². The van der Waals surface area contributed by atoms with Crippen molar-refractivity contribution in [2.75, 3.05) is 23.7 Å². The lowest BCUT2D eigenvalue weighted by Gasteiger charge is -2.31. The summed E-state index contributed by atoms with van der Waals surface area (Å²) in [7, 11) is 0. The minimum Gasteiger partial charge on any atom is -0.338 e. The minimum atomic E-state index is -0.243. The average Bonchev–Trinajstić information content (AvgIpc) is 2.59. The lowest BCUT2D eigenvalue weighted by molar-refractivity contribution is -0.136. The number of amides is 3. The summed E-state index contributed by atoms with van der Waals surface area (Å²) >= 11 is 0. The van der Waals surface area contributed by atoms with Crippen molar-refractivity contribution in [3.63, 3.8) is 0 Å². The van der Waals surface area contributed by atoms with Crippen LogP contribution in [0.5, 0.6) is 0 Å². The van der Waals surface area contributed by atoms with Crippen LogP contribution in [0, 0.1) is 12.8 Å². The molecular formula is C19H25N3O3. The van der Waals surface area contributed by atoms with Crippen LogP contribution in [0.25, 0.3) is 0 Å². The first-order chi connectivity index (χ1) is 11.9. The maximum absolute atomic E-state index is 12.5. The van der Waals surface area contributed by atoms with E-state index in [9.17, 15) is 14.4 Å². The lowest BCUT2D eigenvalue weighted by atomic mass is 9.96. The van der Waals surface area contributed by atoms with Crippen molar-refractivity contribution in [3.05, 3.63) is 36.4 Å². The molecule has 3 amide bonds. The first kappa shape index (κ1) is 18.7. The second kappa shape index (κ2) is 8.46. The van der Waals surface area contributed by atoms with Gasteiger partial charge in [-0.25, -0.2) is 0 Å². The van der Waals surface area contributed by atoms with Crippen molar-refractivity contribution in [1.29, 1.82) is 0 Å². The molecule has 0 bridgehead atoms. The van der Waals surface area contributed by atoms with E-state index in [0.717, 1.165) is 5.56 Å². The van der Waals surface area contributed by atoms with Crippen molar-refractivity contribution < 1.29 is 14.4 Å². The normalized spacial score (nSPS) is 17.1. The van der Waals surface area contributed by atoms with E-state index < -0.39 is 0 Å². The van der Waals surface area contributed by atoms with Crippen molar-refractivity contribution in [2.24, 2.45) is 5.92 Å². The minimum absolute atomic E-state index is 0.0591. The van der Waals surface area contributed by atoms with Crippen LogP contribution >= 0.6 is 0 Å². The Morgan fingerprint density at radius 3 is 2.80 bits per heavy atom. The Kier molecular flexibility index (Phi) is 6.33. The molecule has 1 aliphatic rings. The van der Waals surface area contributed by atoms with Gasteiger partial charge in [-0.3, -0.25) is 14.4 Å². The van der Waals surface area contributed by atoms with Crippen LogP contribution in [0.1, 0.15) is 31.7 Å².